The molecule has 142 valence electrons. The molecule has 0 heterocycles. The van der Waals surface area contributed by atoms with E-state index in [0.717, 1.165) is 36.8 Å². The third kappa shape index (κ3) is 7.36. The first-order valence-corrected chi connectivity index (χ1v) is 9.50. The Hall–Kier alpha value is -2.20. The van der Waals surface area contributed by atoms with E-state index in [0.29, 0.717) is 13.2 Å². The molecule has 0 fully saturated rings. The molecule has 0 radical (unpaired) electrons. The number of para-hydroxylation sites is 1. The van der Waals surface area contributed by atoms with Crippen LogP contribution in [-0.2, 0) is 11.3 Å². The summed E-state index contributed by atoms with van der Waals surface area (Å²) < 4.78 is 16.5. The molecule has 2 rings (SSSR count). The predicted octanol–water partition coefficient (Wildman–Crippen LogP) is 5.28. The minimum Gasteiger partial charge on any atom is -0.493 e. The van der Waals surface area contributed by atoms with Crippen molar-refractivity contribution in [3.05, 3.63) is 54.1 Å². The fraction of sp³-hybridized carbons (Fsp3) is 0.455. The van der Waals surface area contributed by atoms with Gasteiger partial charge in [0.15, 0.2) is 0 Å². The quantitative estimate of drug-likeness (QED) is 0.495. The van der Waals surface area contributed by atoms with Crippen molar-refractivity contribution in [2.45, 2.75) is 39.2 Å². The molecule has 0 aliphatic heterocycles. The lowest BCUT2D eigenvalue weighted by Gasteiger charge is -2.13. The fourth-order valence-corrected chi connectivity index (χ4v) is 2.61. The van der Waals surface area contributed by atoms with E-state index in [1.54, 1.807) is 7.11 Å². The Bertz CT molecular complexity index is 613. The third-order valence-corrected chi connectivity index (χ3v) is 4.12. The van der Waals surface area contributed by atoms with Gasteiger partial charge in [0.1, 0.15) is 18.1 Å². The Kier molecular flexibility index (Phi) is 9.44. The van der Waals surface area contributed by atoms with Gasteiger partial charge in [0, 0.05) is 24.9 Å². The monoisotopic (exact) mass is 357 g/mol. The van der Waals surface area contributed by atoms with E-state index in [9.17, 15) is 0 Å². The van der Waals surface area contributed by atoms with Crippen molar-refractivity contribution in [1.29, 1.82) is 0 Å². The number of benzene rings is 2. The van der Waals surface area contributed by atoms with Crippen LogP contribution in [0, 0.1) is 0 Å². The maximum atomic E-state index is 5.97. The minimum atomic E-state index is 0.562. The second-order valence-electron chi connectivity index (χ2n) is 6.24. The van der Waals surface area contributed by atoms with E-state index >= 15 is 0 Å². The molecule has 0 bridgehead atoms. The van der Waals surface area contributed by atoms with Gasteiger partial charge < -0.3 is 19.5 Å². The summed E-state index contributed by atoms with van der Waals surface area (Å²) in [6.45, 7) is 4.89. The molecule has 2 aromatic carbocycles. The van der Waals surface area contributed by atoms with E-state index in [2.05, 4.69) is 18.3 Å². The van der Waals surface area contributed by atoms with Crippen LogP contribution in [0.15, 0.2) is 48.5 Å². The third-order valence-electron chi connectivity index (χ3n) is 4.12. The highest BCUT2D eigenvalue weighted by molar-refractivity contribution is 5.47. The van der Waals surface area contributed by atoms with Crippen LogP contribution in [0.2, 0.25) is 0 Å². The van der Waals surface area contributed by atoms with Gasteiger partial charge in [-0.05, 0) is 36.8 Å². The summed E-state index contributed by atoms with van der Waals surface area (Å²) in [5.41, 5.74) is 2.23. The maximum absolute atomic E-state index is 5.97. The molecular weight excluding hydrogens is 326 g/mol. The van der Waals surface area contributed by atoms with Gasteiger partial charge in [0.05, 0.1) is 13.2 Å². The van der Waals surface area contributed by atoms with Gasteiger partial charge in [0.25, 0.3) is 0 Å². The number of nitrogens with one attached hydrogen (secondary N) is 1. The highest BCUT2D eigenvalue weighted by atomic mass is 16.5. The van der Waals surface area contributed by atoms with Crippen molar-refractivity contribution in [2.24, 2.45) is 0 Å². The Balaban J connectivity index is 1.81. The highest BCUT2D eigenvalue weighted by Gasteiger charge is 2.03. The van der Waals surface area contributed by atoms with Crippen molar-refractivity contribution < 1.29 is 14.2 Å². The van der Waals surface area contributed by atoms with Crippen LogP contribution in [0.5, 0.6) is 11.5 Å². The zero-order valence-corrected chi connectivity index (χ0v) is 16.0. The van der Waals surface area contributed by atoms with E-state index in [1.807, 2.05) is 42.5 Å². The van der Waals surface area contributed by atoms with Crippen LogP contribution in [-0.4, -0.2) is 26.9 Å². The van der Waals surface area contributed by atoms with Crippen LogP contribution in [0.25, 0.3) is 0 Å². The van der Waals surface area contributed by atoms with Gasteiger partial charge >= 0.3 is 0 Å². The number of anilines is 1. The Morgan fingerprint density at radius 2 is 1.62 bits per heavy atom. The lowest BCUT2D eigenvalue weighted by atomic mass is 10.2. The minimum absolute atomic E-state index is 0.562. The van der Waals surface area contributed by atoms with Gasteiger partial charge in [0.2, 0.25) is 0 Å². The molecule has 0 aliphatic rings. The van der Waals surface area contributed by atoms with Crippen LogP contribution >= 0.6 is 0 Å². The summed E-state index contributed by atoms with van der Waals surface area (Å²) >= 11 is 0. The molecule has 4 nitrogen and oxygen atoms in total. The summed E-state index contributed by atoms with van der Waals surface area (Å²) in [5, 5.41) is 3.45. The fourth-order valence-electron chi connectivity index (χ4n) is 2.61. The van der Waals surface area contributed by atoms with Crippen molar-refractivity contribution in [2.75, 3.05) is 32.2 Å². The highest BCUT2D eigenvalue weighted by Crippen LogP contribution is 2.21. The molecule has 0 atom stereocenters. The molecule has 0 saturated heterocycles. The largest absolute Gasteiger partial charge is 0.493 e. The van der Waals surface area contributed by atoms with Crippen molar-refractivity contribution in [1.82, 2.24) is 0 Å². The average Bonchev–Trinajstić information content (AvgIpc) is 2.68. The molecule has 0 saturated carbocycles. The number of rotatable bonds is 13. The molecule has 26 heavy (non-hydrogen) atoms. The zero-order valence-electron chi connectivity index (χ0n) is 16.0. The van der Waals surface area contributed by atoms with Gasteiger partial charge in [-0.15, -0.1) is 0 Å². The zero-order chi connectivity index (χ0) is 18.5. The van der Waals surface area contributed by atoms with Gasteiger partial charge in [-0.1, -0.05) is 44.4 Å². The number of hydrogen-bond acceptors (Lipinski definition) is 4. The smallest absolute Gasteiger partial charge is 0.124 e. The summed E-state index contributed by atoms with van der Waals surface area (Å²) in [5.74, 6) is 1.82. The van der Waals surface area contributed by atoms with Gasteiger partial charge in [-0.2, -0.15) is 0 Å². The molecule has 0 unspecified atom stereocenters. The Morgan fingerprint density at radius 3 is 2.38 bits per heavy atom. The second kappa shape index (κ2) is 12.2. The van der Waals surface area contributed by atoms with Crippen molar-refractivity contribution >= 4 is 5.69 Å². The first kappa shape index (κ1) is 20.1. The molecular formula is C22H31NO3. The summed E-state index contributed by atoms with van der Waals surface area (Å²) in [4.78, 5) is 0. The van der Waals surface area contributed by atoms with Crippen LogP contribution in [0.1, 0.15) is 38.2 Å². The average molecular weight is 357 g/mol. The van der Waals surface area contributed by atoms with Gasteiger partial charge in [-0.3, -0.25) is 0 Å². The SMILES string of the molecule is CCCCCCOc1ccccc1CNc1ccc(OCCOC)cc1. The number of hydrogen-bond donors (Lipinski definition) is 1. The van der Waals surface area contributed by atoms with Gasteiger partial charge in [-0.25, -0.2) is 0 Å². The first-order chi connectivity index (χ1) is 12.8. The van der Waals surface area contributed by atoms with Crippen molar-refractivity contribution in [3.63, 3.8) is 0 Å². The molecule has 1 N–H and O–H groups in total. The molecule has 0 spiro atoms. The summed E-state index contributed by atoms with van der Waals surface area (Å²) in [6.07, 6.45) is 4.87. The summed E-state index contributed by atoms with van der Waals surface area (Å²) in [7, 11) is 1.67. The maximum Gasteiger partial charge on any atom is 0.124 e. The lowest BCUT2D eigenvalue weighted by Crippen LogP contribution is -2.05. The summed E-state index contributed by atoms with van der Waals surface area (Å²) in [6, 6.07) is 16.2. The van der Waals surface area contributed by atoms with E-state index in [-0.39, 0.29) is 0 Å². The molecule has 0 aliphatic carbocycles. The predicted molar refractivity (Wildman–Crippen MR) is 107 cm³/mol. The molecule has 4 heteroatoms. The number of methoxy groups -OCH3 is 1. The van der Waals surface area contributed by atoms with E-state index < -0.39 is 0 Å². The standard InChI is InChI=1S/C22H31NO3/c1-3-4-5-8-15-26-22-10-7-6-9-19(22)18-23-20-11-13-21(14-12-20)25-17-16-24-2/h6-7,9-14,23H,3-5,8,15-18H2,1-2H3. The molecule has 0 amide bonds. The topological polar surface area (TPSA) is 39.7 Å². The number of ether oxygens (including phenoxy) is 3. The lowest BCUT2D eigenvalue weighted by molar-refractivity contribution is 0.146. The van der Waals surface area contributed by atoms with Crippen LogP contribution in [0.3, 0.4) is 0 Å². The first-order valence-electron chi connectivity index (χ1n) is 9.50. The Morgan fingerprint density at radius 1 is 0.808 bits per heavy atom. The van der Waals surface area contributed by atoms with E-state index in [4.69, 9.17) is 14.2 Å². The van der Waals surface area contributed by atoms with Crippen LogP contribution in [0.4, 0.5) is 5.69 Å². The van der Waals surface area contributed by atoms with Crippen LogP contribution < -0.4 is 14.8 Å². The number of unbranched alkanes of at least 4 members (excludes halogenated alkanes) is 3. The molecule has 2 aromatic rings. The normalized spacial score (nSPS) is 10.5. The Labute approximate surface area is 157 Å². The molecule has 0 aromatic heterocycles. The van der Waals surface area contributed by atoms with Crippen molar-refractivity contribution in [3.8, 4) is 11.5 Å². The van der Waals surface area contributed by atoms with E-state index in [1.165, 1.54) is 24.8 Å². The second-order valence-corrected chi connectivity index (χ2v) is 6.24.